The van der Waals surface area contributed by atoms with Gasteiger partial charge in [-0.3, -0.25) is 9.59 Å². The van der Waals surface area contributed by atoms with Gasteiger partial charge in [0.05, 0.1) is 27.5 Å². The summed E-state index contributed by atoms with van der Waals surface area (Å²) < 4.78 is 5.44. The van der Waals surface area contributed by atoms with Gasteiger partial charge in [-0.25, -0.2) is 0 Å². The van der Waals surface area contributed by atoms with Gasteiger partial charge in [0.2, 0.25) is 11.8 Å². The molecule has 1 aromatic heterocycles. The predicted molar refractivity (Wildman–Crippen MR) is 108 cm³/mol. The van der Waals surface area contributed by atoms with Crippen LogP contribution in [0.5, 0.6) is 5.88 Å². The van der Waals surface area contributed by atoms with Crippen LogP contribution < -0.4 is 10.9 Å². The quantitative estimate of drug-likeness (QED) is 0.448. The number of aromatic nitrogens is 2. The Labute approximate surface area is 175 Å². The molecule has 1 amide bonds. The van der Waals surface area contributed by atoms with E-state index in [1.807, 2.05) is 0 Å². The molecule has 0 saturated carbocycles. The molecule has 10 heteroatoms. The fourth-order valence-corrected chi connectivity index (χ4v) is 3.77. The van der Waals surface area contributed by atoms with Gasteiger partial charge in [0, 0.05) is 19.6 Å². The molecule has 0 bridgehead atoms. The van der Waals surface area contributed by atoms with E-state index in [4.69, 9.17) is 27.9 Å². The molecule has 1 fully saturated rings. The number of carbonyl (C=O) groups excluding carboxylic acids is 1. The third-order valence-corrected chi connectivity index (χ3v) is 5.84. The van der Waals surface area contributed by atoms with E-state index in [0.717, 1.165) is 31.2 Å². The Kier molecular flexibility index (Phi) is 7.23. The summed E-state index contributed by atoms with van der Waals surface area (Å²) in [5.41, 5.74) is 0.359. The second kappa shape index (κ2) is 9.65. The molecule has 1 aliphatic rings. The topological polar surface area (TPSA) is 104 Å². The standard InChI is InChI=1S/C18H19Cl2N3O4S/c19-13-4-3-10(7-14(13)20)6-12-16(25)22-18(23-17(12)26)28-9-15(24)21-8-11-2-1-5-27-11/h3-4,7,11H,1-2,5-6,8-9H2,(H,21,24)(H2,22,23,25,26). The third kappa shape index (κ3) is 5.64. The molecule has 1 aliphatic heterocycles. The SMILES string of the molecule is O=C(CSc1nc(O)c(Cc2ccc(Cl)c(Cl)c2)c(=O)[nH]1)NCC1CCCO1. The lowest BCUT2D eigenvalue weighted by Crippen LogP contribution is -2.33. The first-order chi connectivity index (χ1) is 13.4. The van der Waals surface area contributed by atoms with Gasteiger partial charge in [0.1, 0.15) is 0 Å². The number of H-pyrrole nitrogens is 1. The van der Waals surface area contributed by atoms with Crippen molar-refractivity contribution in [2.24, 2.45) is 0 Å². The number of hydrogen-bond acceptors (Lipinski definition) is 6. The third-order valence-electron chi connectivity index (χ3n) is 4.23. The number of benzene rings is 1. The molecule has 2 aromatic rings. The van der Waals surface area contributed by atoms with E-state index in [-0.39, 0.29) is 40.8 Å². The van der Waals surface area contributed by atoms with E-state index in [2.05, 4.69) is 15.3 Å². The first kappa shape index (κ1) is 21.0. The molecule has 0 spiro atoms. The van der Waals surface area contributed by atoms with Gasteiger partial charge in [0.15, 0.2) is 5.16 Å². The van der Waals surface area contributed by atoms with Crippen LogP contribution in [0.15, 0.2) is 28.2 Å². The molecule has 28 heavy (non-hydrogen) atoms. The number of hydrogen-bond donors (Lipinski definition) is 3. The molecule has 1 aromatic carbocycles. The summed E-state index contributed by atoms with van der Waals surface area (Å²) in [6, 6.07) is 4.97. The number of rotatable bonds is 7. The van der Waals surface area contributed by atoms with Gasteiger partial charge in [-0.05, 0) is 30.5 Å². The minimum Gasteiger partial charge on any atom is -0.493 e. The predicted octanol–water partition coefficient (Wildman–Crippen LogP) is 2.76. The van der Waals surface area contributed by atoms with Crippen molar-refractivity contribution in [3.05, 3.63) is 49.7 Å². The number of halogens is 2. The van der Waals surface area contributed by atoms with Gasteiger partial charge >= 0.3 is 0 Å². The summed E-state index contributed by atoms with van der Waals surface area (Å²) in [5.74, 6) is -0.499. The summed E-state index contributed by atoms with van der Waals surface area (Å²) in [4.78, 5) is 30.8. The second-order valence-corrected chi connectivity index (χ2v) is 8.10. The molecule has 7 nitrogen and oxygen atoms in total. The molecule has 3 N–H and O–H groups in total. The van der Waals surface area contributed by atoms with Crippen molar-refractivity contribution in [3.63, 3.8) is 0 Å². The zero-order valence-electron chi connectivity index (χ0n) is 14.8. The lowest BCUT2D eigenvalue weighted by molar-refractivity contribution is -0.119. The van der Waals surface area contributed by atoms with E-state index >= 15 is 0 Å². The lowest BCUT2D eigenvalue weighted by atomic mass is 10.1. The molecule has 2 heterocycles. The lowest BCUT2D eigenvalue weighted by Gasteiger charge is -2.10. The molecule has 0 radical (unpaired) electrons. The molecule has 1 unspecified atom stereocenters. The van der Waals surface area contributed by atoms with Crippen molar-refractivity contribution in [1.29, 1.82) is 0 Å². The highest BCUT2D eigenvalue weighted by molar-refractivity contribution is 7.99. The Morgan fingerprint density at radius 1 is 1.39 bits per heavy atom. The number of nitrogens with one attached hydrogen (secondary N) is 2. The van der Waals surface area contributed by atoms with Crippen molar-refractivity contribution < 1.29 is 14.6 Å². The van der Waals surface area contributed by atoms with E-state index in [9.17, 15) is 14.7 Å². The van der Waals surface area contributed by atoms with Crippen LogP contribution in [-0.2, 0) is 16.0 Å². The fraction of sp³-hybridized carbons (Fsp3) is 0.389. The largest absolute Gasteiger partial charge is 0.493 e. The van der Waals surface area contributed by atoms with E-state index < -0.39 is 5.56 Å². The van der Waals surface area contributed by atoms with Crippen LogP contribution in [0.1, 0.15) is 24.0 Å². The number of ether oxygens (including phenoxy) is 1. The normalized spacial score (nSPS) is 16.3. The monoisotopic (exact) mass is 443 g/mol. The molecule has 1 saturated heterocycles. The van der Waals surface area contributed by atoms with Crippen LogP contribution in [0.25, 0.3) is 0 Å². The van der Waals surface area contributed by atoms with Crippen molar-refractivity contribution in [2.75, 3.05) is 18.9 Å². The summed E-state index contributed by atoms with van der Waals surface area (Å²) in [6.45, 7) is 1.20. The minimum atomic E-state index is -0.471. The fourth-order valence-electron chi connectivity index (χ4n) is 2.77. The summed E-state index contributed by atoms with van der Waals surface area (Å²) >= 11 is 12.9. The molecule has 1 atom stereocenters. The number of carbonyl (C=O) groups is 1. The minimum absolute atomic E-state index is 0.0663. The van der Waals surface area contributed by atoms with Crippen LogP contribution in [0.2, 0.25) is 10.0 Å². The first-order valence-electron chi connectivity index (χ1n) is 8.69. The van der Waals surface area contributed by atoms with Crippen LogP contribution in [0, 0.1) is 0 Å². The van der Waals surface area contributed by atoms with Crippen molar-refractivity contribution in [3.8, 4) is 5.88 Å². The van der Waals surface area contributed by atoms with Gasteiger partial charge in [-0.2, -0.15) is 4.98 Å². The number of aromatic hydroxyl groups is 1. The van der Waals surface area contributed by atoms with Gasteiger partial charge in [-0.15, -0.1) is 0 Å². The van der Waals surface area contributed by atoms with Crippen LogP contribution in [-0.4, -0.2) is 46.0 Å². The number of thioether (sulfide) groups is 1. The zero-order chi connectivity index (χ0) is 20.1. The van der Waals surface area contributed by atoms with Crippen molar-refractivity contribution in [1.82, 2.24) is 15.3 Å². The van der Waals surface area contributed by atoms with E-state index in [1.54, 1.807) is 18.2 Å². The average molecular weight is 444 g/mol. The Morgan fingerprint density at radius 2 is 2.21 bits per heavy atom. The first-order valence-corrected chi connectivity index (χ1v) is 10.4. The Bertz CT molecular complexity index is 916. The summed E-state index contributed by atoms with van der Waals surface area (Å²) in [7, 11) is 0. The number of nitrogens with zero attached hydrogens (tertiary/aromatic N) is 1. The summed E-state index contributed by atoms with van der Waals surface area (Å²) in [5, 5.41) is 13.9. The Hall–Kier alpha value is -1.74. The molecular formula is C18H19Cl2N3O4S. The zero-order valence-corrected chi connectivity index (χ0v) is 17.2. The summed E-state index contributed by atoms with van der Waals surface area (Å²) in [6.07, 6.45) is 2.17. The van der Waals surface area contributed by atoms with Crippen LogP contribution in [0.4, 0.5) is 0 Å². The number of aromatic amines is 1. The maximum atomic E-state index is 12.3. The highest BCUT2D eigenvalue weighted by Crippen LogP contribution is 2.25. The highest BCUT2D eigenvalue weighted by atomic mass is 35.5. The van der Waals surface area contributed by atoms with Crippen LogP contribution in [0.3, 0.4) is 0 Å². The highest BCUT2D eigenvalue weighted by Gasteiger charge is 2.17. The smallest absolute Gasteiger partial charge is 0.258 e. The Balaban J connectivity index is 1.58. The Morgan fingerprint density at radius 3 is 2.89 bits per heavy atom. The van der Waals surface area contributed by atoms with Gasteiger partial charge in [0.25, 0.3) is 5.56 Å². The molecule has 150 valence electrons. The van der Waals surface area contributed by atoms with Crippen molar-refractivity contribution in [2.45, 2.75) is 30.5 Å². The van der Waals surface area contributed by atoms with E-state index in [1.165, 1.54) is 0 Å². The second-order valence-electron chi connectivity index (χ2n) is 6.33. The van der Waals surface area contributed by atoms with E-state index in [0.29, 0.717) is 22.2 Å². The van der Waals surface area contributed by atoms with Crippen LogP contribution >= 0.6 is 35.0 Å². The van der Waals surface area contributed by atoms with Gasteiger partial charge < -0.3 is 20.1 Å². The average Bonchev–Trinajstić information content (AvgIpc) is 3.18. The number of amides is 1. The van der Waals surface area contributed by atoms with Gasteiger partial charge in [-0.1, -0.05) is 41.0 Å². The molecule has 0 aliphatic carbocycles. The molecule has 3 rings (SSSR count). The maximum Gasteiger partial charge on any atom is 0.258 e. The molecular weight excluding hydrogens is 425 g/mol. The van der Waals surface area contributed by atoms with Crippen molar-refractivity contribution >= 4 is 40.9 Å². The maximum absolute atomic E-state index is 12.3.